The second-order valence-corrected chi connectivity index (χ2v) is 6.62. The van der Waals surface area contributed by atoms with E-state index in [1.54, 1.807) is 30.3 Å². The van der Waals surface area contributed by atoms with Gasteiger partial charge in [0.1, 0.15) is 5.56 Å². The van der Waals surface area contributed by atoms with Crippen molar-refractivity contribution in [2.24, 2.45) is 0 Å². The fraction of sp³-hybridized carbons (Fsp3) is 0.0455. The number of carbonyl (C=O) groups is 3. The Morgan fingerprint density at radius 3 is 2.18 bits per heavy atom. The molecule has 0 atom stereocenters. The van der Waals surface area contributed by atoms with Gasteiger partial charge in [-0.25, -0.2) is 4.79 Å². The normalized spacial score (nSPS) is 10.2. The van der Waals surface area contributed by atoms with E-state index in [9.17, 15) is 34.6 Å². The molecule has 3 rings (SSSR count). The Balaban J connectivity index is 1.71. The molecule has 3 aromatic rings. The lowest BCUT2D eigenvalue weighted by molar-refractivity contribution is -0.394. The zero-order chi connectivity index (χ0) is 24.0. The van der Waals surface area contributed by atoms with E-state index in [2.05, 4.69) is 5.32 Å². The largest absolute Gasteiger partial charge is 0.454 e. The molecule has 0 heterocycles. The molecule has 0 unspecified atom stereocenters. The third kappa shape index (κ3) is 5.61. The first-order chi connectivity index (χ1) is 15.8. The maximum atomic E-state index is 12.5. The summed E-state index contributed by atoms with van der Waals surface area (Å²) < 4.78 is 5.02. The predicted octanol–water partition coefficient (Wildman–Crippen LogP) is 3.80. The molecule has 3 aromatic carbocycles. The van der Waals surface area contributed by atoms with E-state index in [1.807, 2.05) is 0 Å². The number of nitrogens with one attached hydrogen (secondary N) is 1. The fourth-order valence-corrected chi connectivity index (χ4v) is 2.82. The molecule has 11 nitrogen and oxygen atoms in total. The van der Waals surface area contributed by atoms with E-state index < -0.39 is 45.3 Å². The van der Waals surface area contributed by atoms with Gasteiger partial charge in [0, 0.05) is 17.3 Å². The molecule has 0 saturated heterocycles. The van der Waals surface area contributed by atoms with Gasteiger partial charge in [0.25, 0.3) is 17.3 Å². The third-order valence-electron chi connectivity index (χ3n) is 4.42. The molecule has 0 spiro atoms. The van der Waals surface area contributed by atoms with Crippen LogP contribution in [0.3, 0.4) is 0 Å². The van der Waals surface area contributed by atoms with E-state index in [0.29, 0.717) is 11.6 Å². The van der Waals surface area contributed by atoms with E-state index in [4.69, 9.17) is 4.74 Å². The first kappa shape index (κ1) is 22.7. The van der Waals surface area contributed by atoms with Crippen LogP contribution in [0.25, 0.3) is 0 Å². The van der Waals surface area contributed by atoms with Gasteiger partial charge in [-0.2, -0.15) is 0 Å². The monoisotopic (exact) mass is 449 g/mol. The number of hydrogen-bond donors (Lipinski definition) is 1. The van der Waals surface area contributed by atoms with Crippen LogP contribution in [0, 0.1) is 20.2 Å². The van der Waals surface area contributed by atoms with Crippen molar-refractivity contribution in [3.05, 3.63) is 110 Å². The quantitative estimate of drug-likeness (QED) is 0.235. The van der Waals surface area contributed by atoms with E-state index in [-0.39, 0.29) is 17.0 Å². The van der Waals surface area contributed by atoms with Crippen LogP contribution < -0.4 is 5.32 Å². The molecule has 0 saturated carbocycles. The van der Waals surface area contributed by atoms with E-state index in [1.165, 1.54) is 24.3 Å². The Morgan fingerprint density at radius 2 is 1.52 bits per heavy atom. The number of nitro benzene ring substituents is 2. The summed E-state index contributed by atoms with van der Waals surface area (Å²) in [4.78, 5) is 57.3. The molecule has 1 amide bonds. The highest BCUT2D eigenvalue weighted by molar-refractivity contribution is 6.07. The number of non-ortho nitro benzene ring substituents is 1. The molecule has 0 aliphatic carbocycles. The molecule has 0 bridgehead atoms. The van der Waals surface area contributed by atoms with Crippen molar-refractivity contribution in [3.8, 4) is 0 Å². The molecule has 1 N–H and O–H groups in total. The maximum Gasteiger partial charge on any atom is 0.338 e. The van der Waals surface area contributed by atoms with Crippen LogP contribution in [0.5, 0.6) is 0 Å². The van der Waals surface area contributed by atoms with Gasteiger partial charge in [0.05, 0.1) is 21.5 Å². The minimum absolute atomic E-state index is 0.0341. The Bertz CT molecular complexity index is 1260. The molecular formula is C22H15N3O8. The molecule has 0 aliphatic heterocycles. The zero-order valence-electron chi connectivity index (χ0n) is 16.8. The van der Waals surface area contributed by atoms with Gasteiger partial charge >= 0.3 is 5.97 Å². The number of carbonyl (C=O) groups excluding carboxylic acids is 3. The molecule has 0 aromatic heterocycles. The second kappa shape index (κ2) is 9.92. The van der Waals surface area contributed by atoms with Crippen molar-refractivity contribution in [3.63, 3.8) is 0 Å². The first-order valence-electron chi connectivity index (χ1n) is 9.36. The molecule has 166 valence electrons. The lowest BCUT2D eigenvalue weighted by atomic mass is 10.1. The lowest BCUT2D eigenvalue weighted by Gasteiger charge is -2.08. The van der Waals surface area contributed by atoms with E-state index >= 15 is 0 Å². The van der Waals surface area contributed by atoms with E-state index in [0.717, 1.165) is 12.1 Å². The van der Waals surface area contributed by atoms with Crippen LogP contribution in [-0.2, 0) is 4.74 Å². The number of ether oxygens (including phenoxy) is 1. The van der Waals surface area contributed by atoms with Crippen molar-refractivity contribution in [1.29, 1.82) is 0 Å². The number of hydrogen-bond acceptors (Lipinski definition) is 8. The summed E-state index contributed by atoms with van der Waals surface area (Å²) in [6, 6.07) is 16.4. The first-order valence-corrected chi connectivity index (χ1v) is 9.36. The van der Waals surface area contributed by atoms with Gasteiger partial charge in [-0.3, -0.25) is 29.8 Å². The number of ketones is 1. The maximum absolute atomic E-state index is 12.5. The van der Waals surface area contributed by atoms with Crippen molar-refractivity contribution >= 4 is 34.7 Å². The number of esters is 1. The molecule has 0 radical (unpaired) electrons. The molecule has 33 heavy (non-hydrogen) atoms. The number of Topliss-reactive ketones (excluding diaryl/α,β-unsaturated/α-hetero) is 1. The summed E-state index contributed by atoms with van der Waals surface area (Å²) in [6.07, 6.45) is 0. The van der Waals surface area contributed by atoms with Crippen LogP contribution in [0.1, 0.15) is 31.1 Å². The summed E-state index contributed by atoms with van der Waals surface area (Å²) in [5.74, 6) is -2.10. The van der Waals surface area contributed by atoms with Crippen LogP contribution in [-0.4, -0.2) is 34.1 Å². The Labute approximate surface area is 185 Å². The summed E-state index contributed by atoms with van der Waals surface area (Å²) in [7, 11) is 0. The third-order valence-corrected chi connectivity index (χ3v) is 4.42. The average molecular weight is 449 g/mol. The minimum Gasteiger partial charge on any atom is -0.454 e. The fourth-order valence-electron chi connectivity index (χ4n) is 2.82. The SMILES string of the molecule is O=C(COC(=O)c1cccc(NC(=O)c2ccc([N+](=O)[O-])cc2[N+](=O)[O-])c1)c1ccccc1. The predicted molar refractivity (Wildman–Crippen MR) is 115 cm³/mol. The summed E-state index contributed by atoms with van der Waals surface area (Å²) in [5.41, 5.74) is -1.13. The van der Waals surface area contributed by atoms with Gasteiger partial charge in [-0.1, -0.05) is 36.4 Å². The standard InChI is InChI=1S/C22H15N3O8/c26-20(14-5-2-1-3-6-14)13-33-22(28)15-7-4-8-16(11-15)23-21(27)18-10-9-17(24(29)30)12-19(18)25(31)32/h1-12H,13H2,(H,23,27). The van der Waals surface area contributed by atoms with Crippen LogP contribution in [0.15, 0.2) is 72.8 Å². The van der Waals surface area contributed by atoms with Crippen LogP contribution in [0.2, 0.25) is 0 Å². The number of nitro groups is 2. The highest BCUT2D eigenvalue weighted by Gasteiger charge is 2.24. The van der Waals surface area contributed by atoms with Gasteiger partial charge in [0.15, 0.2) is 12.4 Å². The van der Waals surface area contributed by atoms with Gasteiger partial charge < -0.3 is 10.1 Å². The van der Waals surface area contributed by atoms with Gasteiger partial charge in [-0.15, -0.1) is 0 Å². The Hall–Kier alpha value is -4.93. The van der Waals surface area contributed by atoms with Crippen LogP contribution in [0.4, 0.5) is 17.1 Å². The van der Waals surface area contributed by atoms with Crippen molar-refractivity contribution < 1.29 is 29.0 Å². The smallest absolute Gasteiger partial charge is 0.338 e. The van der Waals surface area contributed by atoms with Gasteiger partial charge in [0.2, 0.25) is 0 Å². The second-order valence-electron chi connectivity index (χ2n) is 6.62. The van der Waals surface area contributed by atoms with Crippen molar-refractivity contribution in [2.45, 2.75) is 0 Å². The number of benzene rings is 3. The molecule has 0 fully saturated rings. The topological polar surface area (TPSA) is 159 Å². The van der Waals surface area contributed by atoms with Gasteiger partial charge in [-0.05, 0) is 24.3 Å². The minimum atomic E-state index is -0.903. The summed E-state index contributed by atoms with van der Waals surface area (Å²) in [6.45, 7) is -0.478. The summed E-state index contributed by atoms with van der Waals surface area (Å²) >= 11 is 0. The molecular weight excluding hydrogens is 434 g/mol. The number of anilines is 1. The summed E-state index contributed by atoms with van der Waals surface area (Å²) in [5, 5.41) is 24.5. The number of rotatable bonds is 8. The molecule has 11 heteroatoms. The number of amides is 1. The Kier molecular flexibility index (Phi) is 6.84. The molecule has 0 aliphatic rings. The highest BCUT2D eigenvalue weighted by Crippen LogP contribution is 2.25. The lowest BCUT2D eigenvalue weighted by Crippen LogP contribution is -2.16. The number of nitrogens with zero attached hydrogens (tertiary/aromatic N) is 2. The van der Waals surface area contributed by atoms with Crippen molar-refractivity contribution in [1.82, 2.24) is 0 Å². The zero-order valence-corrected chi connectivity index (χ0v) is 16.8. The van der Waals surface area contributed by atoms with Crippen LogP contribution >= 0.6 is 0 Å². The highest BCUT2D eigenvalue weighted by atomic mass is 16.6. The average Bonchev–Trinajstić information content (AvgIpc) is 2.82. The van der Waals surface area contributed by atoms with Crippen molar-refractivity contribution in [2.75, 3.05) is 11.9 Å². The Morgan fingerprint density at radius 1 is 0.818 bits per heavy atom.